The lowest BCUT2D eigenvalue weighted by Crippen LogP contribution is -2.55. The Kier molecular flexibility index (Phi) is 10.0. The van der Waals surface area contributed by atoms with Crippen LogP contribution in [-0.4, -0.2) is 28.8 Å². The summed E-state index contributed by atoms with van der Waals surface area (Å²) >= 11 is 1.74. The van der Waals surface area contributed by atoms with Gasteiger partial charge in [-0.25, -0.2) is 13.2 Å². The first-order valence-electron chi connectivity index (χ1n) is 11.6. The zero-order valence-corrected chi connectivity index (χ0v) is 20.9. The highest BCUT2D eigenvalue weighted by Crippen LogP contribution is 2.53. The van der Waals surface area contributed by atoms with E-state index in [0.717, 1.165) is 36.3 Å². The van der Waals surface area contributed by atoms with E-state index < -0.39 is 47.3 Å². The largest absolute Gasteiger partial charge is 0.430 e. The zero-order chi connectivity index (χ0) is 28.8. The lowest BCUT2D eigenvalue weighted by Gasteiger charge is -2.37. The molecule has 4 rings (SSSR count). The van der Waals surface area contributed by atoms with E-state index >= 15 is 0 Å². The number of thioether (sulfide) groups is 1. The van der Waals surface area contributed by atoms with Gasteiger partial charge in [0.25, 0.3) is 5.60 Å². The molecule has 1 unspecified atom stereocenters. The smallest absolute Gasteiger partial charge is 0.393 e. The van der Waals surface area contributed by atoms with Gasteiger partial charge in [0.2, 0.25) is 0 Å². The Bertz CT molecular complexity index is 1180. The number of alkyl halides is 6. The molecule has 1 N–H and O–H groups in total. The molecule has 0 saturated heterocycles. The fourth-order valence-corrected chi connectivity index (χ4v) is 5.23. The lowest BCUT2D eigenvalue weighted by atomic mass is 9.91. The van der Waals surface area contributed by atoms with Gasteiger partial charge in [0, 0.05) is 21.3 Å². The summed E-state index contributed by atoms with van der Waals surface area (Å²) < 4.78 is 124. The third-order valence-electron chi connectivity index (χ3n) is 5.90. The molecule has 1 aliphatic rings. The van der Waals surface area contributed by atoms with Crippen molar-refractivity contribution in [2.24, 2.45) is 0 Å². The summed E-state index contributed by atoms with van der Waals surface area (Å²) in [6.07, 6.45) is -9.09. The molecule has 0 spiro atoms. The van der Waals surface area contributed by atoms with E-state index in [2.05, 4.69) is 4.74 Å². The monoisotopic (exact) mass is 582 g/mol. The van der Waals surface area contributed by atoms with Gasteiger partial charge in [-0.15, -0.1) is 11.8 Å². The van der Waals surface area contributed by atoms with Crippen molar-refractivity contribution in [3.8, 4) is 0 Å². The topological polar surface area (TPSA) is 29.5 Å². The molecule has 0 radical (unpaired) electrons. The maximum Gasteiger partial charge on any atom is 0.430 e. The van der Waals surface area contributed by atoms with E-state index in [1.807, 2.05) is 0 Å². The van der Waals surface area contributed by atoms with Crippen LogP contribution in [0.1, 0.15) is 30.4 Å². The van der Waals surface area contributed by atoms with Crippen molar-refractivity contribution in [3.05, 3.63) is 101 Å². The van der Waals surface area contributed by atoms with Crippen molar-refractivity contribution in [3.63, 3.8) is 0 Å². The molecule has 0 heterocycles. The fourth-order valence-electron chi connectivity index (χ4n) is 3.98. The van der Waals surface area contributed by atoms with E-state index in [1.165, 1.54) is 18.2 Å². The van der Waals surface area contributed by atoms with Gasteiger partial charge in [0.1, 0.15) is 17.5 Å². The lowest BCUT2D eigenvalue weighted by molar-refractivity contribution is -0.392. The van der Waals surface area contributed by atoms with Crippen LogP contribution in [0.15, 0.2) is 77.7 Å². The Labute approximate surface area is 222 Å². The van der Waals surface area contributed by atoms with Crippen LogP contribution in [0.25, 0.3) is 0 Å². The van der Waals surface area contributed by atoms with E-state index in [0.29, 0.717) is 35.6 Å². The van der Waals surface area contributed by atoms with Crippen LogP contribution >= 0.6 is 11.8 Å². The highest BCUT2D eigenvalue weighted by Gasteiger charge is 2.73. The zero-order valence-electron chi connectivity index (χ0n) is 20.1. The molecule has 3 aromatic rings. The van der Waals surface area contributed by atoms with Crippen molar-refractivity contribution < 1.29 is 49.4 Å². The van der Waals surface area contributed by atoms with Crippen molar-refractivity contribution in [1.29, 1.82) is 0 Å². The molecular formula is C27H23F9O2S. The van der Waals surface area contributed by atoms with Crippen LogP contribution in [-0.2, 0) is 16.9 Å². The minimum absolute atomic E-state index is 0.132. The Hall–Kier alpha value is -2.70. The Morgan fingerprint density at radius 2 is 1.36 bits per heavy atom. The van der Waals surface area contributed by atoms with E-state index in [9.17, 15) is 44.6 Å². The number of hydrogen-bond acceptors (Lipinski definition) is 3. The van der Waals surface area contributed by atoms with Crippen LogP contribution in [0.4, 0.5) is 39.5 Å². The summed E-state index contributed by atoms with van der Waals surface area (Å²) in [6, 6.07) is 12.7. The second-order valence-corrected chi connectivity index (χ2v) is 10.1. The summed E-state index contributed by atoms with van der Waals surface area (Å²) in [5.41, 5.74) is -6.67. The number of hydrogen-bond donors (Lipinski definition) is 1. The van der Waals surface area contributed by atoms with Crippen LogP contribution in [0.3, 0.4) is 0 Å². The second-order valence-electron chi connectivity index (χ2n) is 8.73. The van der Waals surface area contributed by atoms with Crippen molar-refractivity contribution >= 4 is 11.8 Å². The van der Waals surface area contributed by atoms with E-state index in [-0.39, 0.29) is 11.9 Å². The van der Waals surface area contributed by atoms with Gasteiger partial charge in [-0.2, -0.15) is 26.3 Å². The molecule has 3 aromatic carbocycles. The molecule has 1 saturated carbocycles. The number of aliphatic hydroxyl groups excluding tert-OH is 1. The number of rotatable bonds is 6. The average molecular weight is 583 g/mol. The molecule has 39 heavy (non-hydrogen) atoms. The minimum atomic E-state index is -5.89. The van der Waals surface area contributed by atoms with Crippen molar-refractivity contribution in [2.75, 3.05) is 0 Å². The molecule has 2 atom stereocenters. The highest BCUT2D eigenvalue weighted by molar-refractivity contribution is 8.00. The number of benzene rings is 3. The van der Waals surface area contributed by atoms with Crippen LogP contribution in [0.2, 0.25) is 0 Å². The molecule has 1 aliphatic carbocycles. The summed E-state index contributed by atoms with van der Waals surface area (Å²) in [4.78, 5) is 1.09. The van der Waals surface area contributed by atoms with Gasteiger partial charge in [-0.1, -0.05) is 30.3 Å². The minimum Gasteiger partial charge on any atom is -0.393 e. The second kappa shape index (κ2) is 12.6. The van der Waals surface area contributed by atoms with Gasteiger partial charge < -0.3 is 9.84 Å². The van der Waals surface area contributed by atoms with Crippen molar-refractivity contribution in [1.82, 2.24) is 0 Å². The molecule has 12 heteroatoms. The first kappa shape index (κ1) is 30.8. The van der Waals surface area contributed by atoms with Gasteiger partial charge >= 0.3 is 12.4 Å². The summed E-state index contributed by atoms with van der Waals surface area (Å²) in [5, 5.41) is 9.84. The van der Waals surface area contributed by atoms with E-state index in [1.54, 1.807) is 23.9 Å². The number of halogens is 9. The molecule has 0 aliphatic heterocycles. The third-order valence-corrected chi connectivity index (χ3v) is 7.21. The highest BCUT2D eigenvalue weighted by atomic mass is 32.2. The van der Waals surface area contributed by atoms with Crippen LogP contribution in [0.5, 0.6) is 0 Å². The molecule has 2 nitrogen and oxygen atoms in total. The first-order chi connectivity index (χ1) is 18.2. The van der Waals surface area contributed by atoms with Gasteiger partial charge in [0.05, 0.1) is 12.7 Å². The number of ether oxygens (including phenoxy) is 1. The SMILES string of the molecule is Fc1ccc(F)c(COC(c2ccccc2)(C(F)(F)F)C(F)(F)F)c1.O[C@H]1CCC(Sc2ccc(F)cc2)C1. The average Bonchev–Trinajstić information content (AvgIpc) is 3.27. The normalized spacial score (nSPS) is 18.0. The van der Waals surface area contributed by atoms with Gasteiger partial charge in [-0.05, 0) is 61.7 Å². The molecule has 0 amide bonds. The van der Waals surface area contributed by atoms with E-state index in [4.69, 9.17) is 0 Å². The third kappa shape index (κ3) is 7.70. The predicted octanol–water partition coefficient (Wildman–Crippen LogP) is 8.33. The van der Waals surface area contributed by atoms with Gasteiger partial charge in [-0.3, -0.25) is 0 Å². The summed E-state index contributed by atoms with van der Waals surface area (Å²) in [6.45, 7) is -1.43. The quantitative estimate of drug-likeness (QED) is 0.297. The van der Waals surface area contributed by atoms with Crippen LogP contribution in [0, 0.1) is 17.5 Å². The maximum atomic E-state index is 13.5. The number of aliphatic hydroxyl groups is 1. The Morgan fingerprint density at radius 3 is 1.90 bits per heavy atom. The maximum absolute atomic E-state index is 13.5. The molecule has 0 aromatic heterocycles. The molecule has 212 valence electrons. The van der Waals surface area contributed by atoms with Crippen molar-refractivity contribution in [2.45, 2.75) is 60.1 Å². The molecular weight excluding hydrogens is 559 g/mol. The predicted molar refractivity (Wildman–Crippen MR) is 127 cm³/mol. The van der Waals surface area contributed by atoms with Crippen LogP contribution < -0.4 is 0 Å². The van der Waals surface area contributed by atoms with Gasteiger partial charge in [0.15, 0.2) is 0 Å². The standard InChI is InChI=1S/C16H10F8O.C11H13FOS/c17-12-6-7-13(18)10(8-12)9-25-14(15(19,20)21,16(22,23)24)11-4-2-1-3-5-11;12-8-1-4-10(5-2-8)14-11-6-3-9(13)7-11/h1-8H,9H2;1-2,4-5,9,11,13H,3,6-7H2/t;9-,11?/m.0/s1. The molecule has 0 bridgehead atoms. The summed E-state index contributed by atoms with van der Waals surface area (Å²) in [5.74, 6) is -2.40. The fraction of sp³-hybridized carbons (Fsp3) is 0.333. The summed E-state index contributed by atoms with van der Waals surface area (Å²) in [7, 11) is 0. The first-order valence-corrected chi connectivity index (χ1v) is 12.5. The molecule has 1 fully saturated rings. The Morgan fingerprint density at radius 1 is 0.769 bits per heavy atom. The Balaban J connectivity index is 0.000000252.